The maximum absolute atomic E-state index is 2.24. The summed E-state index contributed by atoms with van der Waals surface area (Å²) in [5.74, 6) is 0. The second kappa shape index (κ2) is 4.15. The van der Waals surface area contributed by atoms with Gasteiger partial charge < -0.3 is 4.57 Å². The van der Waals surface area contributed by atoms with Crippen LogP contribution in [-0.2, 0) is 7.05 Å². The second-order valence-electron chi connectivity index (χ2n) is 3.71. The predicted octanol–water partition coefficient (Wildman–Crippen LogP) is 3.79. The fourth-order valence-electron chi connectivity index (χ4n) is 1.54. The van der Waals surface area contributed by atoms with Crippen LogP contribution in [0.5, 0.6) is 0 Å². The van der Waals surface area contributed by atoms with Gasteiger partial charge in [-0.2, -0.15) is 0 Å². The highest BCUT2D eigenvalue weighted by atomic mass is 32.2. The molecule has 0 fully saturated rings. The summed E-state index contributed by atoms with van der Waals surface area (Å²) in [4.78, 5) is 2.65. The topological polar surface area (TPSA) is 4.93 Å². The van der Waals surface area contributed by atoms with Gasteiger partial charge in [-0.25, -0.2) is 0 Å². The molecular weight excluding hydrogens is 202 g/mol. The van der Waals surface area contributed by atoms with Crippen LogP contribution in [0.3, 0.4) is 0 Å². The molecule has 0 radical (unpaired) electrons. The lowest BCUT2D eigenvalue weighted by Crippen LogP contribution is -1.92. The number of aryl methyl sites for hydroxylation is 1. The third-order valence-corrected chi connectivity index (χ3v) is 3.84. The van der Waals surface area contributed by atoms with Gasteiger partial charge in [-0.3, -0.25) is 0 Å². The zero-order chi connectivity index (χ0) is 10.8. The molecule has 0 aliphatic rings. The molecule has 0 saturated carbocycles. The Balaban J connectivity index is 2.29. The molecule has 2 rings (SSSR count). The number of rotatable bonds is 2. The Morgan fingerprint density at radius 1 is 1.07 bits per heavy atom. The van der Waals surface area contributed by atoms with Crippen LogP contribution in [0.2, 0.25) is 0 Å². The monoisotopic (exact) mass is 217 g/mol. The Kier molecular flexibility index (Phi) is 2.87. The average molecular weight is 217 g/mol. The maximum Gasteiger partial charge on any atom is 0.0331 e. The minimum absolute atomic E-state index is 1.30. The van der Waals surface area contributed by atoms with Crippen molar-refractivity contribution in [1.29, 1.82) is 0 Å². The van der Waals surface area contributed by atoms with Crippen LogP contribution in [0.25, 0.3) is 0 Å². The molecule has 2 aromatic rings. The van der Waals surface area contributed by atoms with Gasteiger partial charge in [0.1, 0.15) is 0 Å². The first-order valence-corrected chi connectivity index (χ1v) is 5.86. The van der Waals surface area contributed by atoms with Gasteiger partial charge in [0.15, 0.2) is 0 Å². The molecule has 1 aromatic carbocycles. The highest BCUT2D eigenvalue weighted by molar-refractivity contribution is 7.99. The van der Waals surface area contributed by atoms with Crippen LogP contribution in [0.15, 0.2) is 46.2 Å². The lowest BCUT2D eigenvalue weighted by atomic mass is 10.4. The third kappa shape index (κ3) is 2.10. The summed E-state index contributed by atoms with van der Waals surface area (Å²) in [6, 6.07) is 12.7. The van der Waals surface area contributed by atoms with Crippen LogP contribution >= 0.6 is 11.8 Å². The zero-order valence-corrected chi connectivity index (χ0v) is 10.1. The normalized spacial score (nSPS) is 10.6. The molecule has 0 unspecified atom stereocenters. The van der Waals surface area contributed by atoms with E-state index >= 15 is 0 Å². The van der Waals surface area contributed by atoms with Crippen LogP contribution in [0, 0.1) is 13.8 Å². The Bertz CT molecular complexity index is 457. The minimum atomic E-state index is 1.30. The first-order chi connectivity index (χ1) is 7.18. The summed E-state index contributed by atoms with van der Waals surface area (Å²) < 4.78 is 2.23. The molecule has 0 aliphatic heterocycles. The van der Waals surface area contributed by atoms with E-state index < -0.39 is 0 Å². The number of benzene rings is 1. The zero-order valence-electron chi connectivity index (χ0n) is 9.32. The molecule has 2 heteroatoms. The summed E-state index contributed by atoms with van der Waals surface area (Å²) >= 11 is 1.83. The summed E-state index contributed by atoms with van der Waals surface area (Å²) in [7, 11) is 2.11. The van der Waals surface area contributed by atoms with Crippen molar-refractivity contribution in [2.45, 2.75) is 23.6 Å². The number of hydrogen-bond acceptors (Lipinski definition) is 1. The smallest absolute Gasteiger partial charge is 0.0331 e. The molecule has 0 amide bonds. The molecule has 0 spiro atoms. The highest BCUT2D eigenvalue weighted by Gasteiger charge is 2.06. The molecule has 1 aromatic heterocycles. The van der Waals surface area contributed by atoms with E-state index in [9.17, 15) is 0 Å². The molecule has 1 heterocycles. The molecule has 0 saturated heterocycles. The van der Waals surface area contributed by atoms with Gasteiger partial charge in [0.05, 0.1) is 0 Å². The van der Waals surface area contributed by atoms with Crippen molar-refractivity contribution in [3.63, 3.8) is 0 Å². The van der Waals surface area contributed by atoms with Crippen molar-refractivity contribution in [2.24, 2.45) is 7.05 Å². The maximum atomic E-state index is 2.24. The van der Waals surface area contributed by atoms with Crippen molar-refractivity contribution >= 4 is 11.8 Å². The summed E-state index contributed by atoms with van der Waals surface area (Å²) in [6.07, 6.45) is 0. The summed E-state index contributed by atoms with van der Waals surface area (Å²) in [5.41, 5.74) is 2.65. The molecule has 0 bridgehead atoms. The van der Waals surface area contributed by atoms with Crippen molar-refractivity contribution in [1.82, 2.24) is 4.57 Å². The fraction of sp³-hybridized carbons (Fsp3) is 0.231. The third-order valence-electron chi connectivity index (χ3n) is 2.70. The van der Waals surface area contributed by atoms with Gasteiger partial charge in [0.2, 0.25) is 0 Å². The second-order valence-corrected chi connectivity index (χ2v) is 4.82. The molecule has 0 aliphatic carbocycles. The SMILES string of the molecule is Cc1cc(Sc2ccccc2)c(C)n1C. The quantitative estimate of drug-likeness (QED) is 0.741. The standard InChI is InChI=1S/C13H15NS/c1-10-9-13(11(2)14(10)3)15-12-7-5-4-6-8-12/h4-9H,1-3H3. The number of nitrogens with zero attached hydrogens (tertiary/aromatic N) is 1. The molecular formula is C13H15NS. The van der Waals surface area contributed by atoms with E-state index in [1.54, 1.807) is 0 Å². The van der Waals surface area contributed by atoms with Gasteiger partial charge in [0, 0.05) is 28.2 Å². The fourth-order valence-corrected chi connectivity index (χ4v) is 2.60. The largest absolute Gasteiger partial charge is 0.351 e. The average Bonchev–Trinajstić information content (AvgIpc) is 2.48. The van der Waals surface area contributed by atoms with Gasteiger partial charge in [-0.05, 0) is 32.0 Å². The Hall–Kier alpha value is -1.15. The van der Waals surface area contributed by atoms with E-state index in [4.69, 9.17) is 0 Å². The van der Waals surface area contributed by atoms with E-state index in [-0.39, 0.29) is 0 Å². The summed E-state index contributed by atoms with van der Waals surface area (Å²) in [5, 5.41) is 0. The Morgan fingerprint density at radius 3 is 2.27 bits per heavy atom. The molecule has 0 atom stereocenters. The molecule has 0 N–H and O–H groups in total. The van der Waals surface area contributed by atoms with Crippen LogP contribution in [0.1, 0.15) is 11.4 Å². The molecule has 15 heavy (non-hydrogen) atoms. The van der Waals surface area contributed by atoms with E-state index in [0.717, 1.165) is 0 Å². The van der Waals surface area contributed by atoms with Gasteiger partial charge >= 0.3 is 0 Å². The first kappa shape index (κ1) is 10.4. The minimum Gasteiger partial charge on any atom is -0.351 e. The van der Waals surface area contributed by atoms with Gasteiger partial charge in [0.25, 0.3) is 0 Å². The van der Waals surface area contributed by atoms with Gasteiger partial charge in [-0.1, -0.05) is 30.0 Å². The van der Waals surface area contributed by atoms with E-state index in [1.807, 2.05) is 17.8 Å². The Morgan fingerprint density at radius 2 is 1.73 bits per heavy atom. The number of hydrogen-bond donors (Lipinski definition) is 0. The predicted molar refractivity (Wildman–Crippen MR) is 65.5 cm³/mol. The highest BCUT2D eigenvalue weighted by Crippen LogP contribution is 2.31. The molecule has 1 nitrogen and oxygen atoms in total. The lowest BCUT2D eigenvalue weighted by molar-refractivity contribution is 0.835. The first-order valence-electron chi connectivity index (χ1n) is 5.04. The van der Waals surface area contributed by atoms with E-state index in [1.165, 1.54) is 21.2 Å². The van der Waals surface area contributed by atoms with Crippen LogP contribution in [-0.4, -0.2) is 4.57 Å². The van der Waals surface area contributed by atoms with Crippen molar-refractivity contribution in [3.05, 3.63) is 47.8 Å². The van der Waals surface area contributed by atoms with E-state index in [2.05, 4.69) is 55.8 Å². The van der Waals surface area contributed by atoms with Crippen LogP contribution in [0.4, 0.5) is 0 Å². The van der Waals surface area contributed by atoms with Crippen molar-refractivity contribution in [3.8, 4) is 0 Å². The van der Waals surface area contributed by atoms with Crippen molar-refractivity contribution < 1.29 is 0 Å². The number of aromatic nitrogens is 1. The van der Waals surface area contributed by atoms with Crippen LogP contribution < -0.4 is 0 Å². The lowest BCUT2D eigenvalue weighted by Gasteiger charge is -2.02. The summed E-state index contributed by atoms with van der Waals surface area (Å²) in [6.45, 7) is 4.31. The van der Waals surface area contributed by atoms with Crippen molar-refractivity contribution in [2.75, 3.05) is 0 Å². The molecule has 78 valence electrons. The van der Waals surface area contributed by atoms with E-state index in [0.29, 0.717) is 0 Å². The Labute approximate surface area is 95.1 Å². The van der Waals surface area contributed by atoms with Gasteiger partial charge in [-0.15, -0.1) is 0 Å².